The highest BCUT2D eigenvalue weighted by molar-refractivity contribution is 9.10. The summed E-state index contributed by atoms with van der Waals surface area (Å²) in [6, 6.07) is 12.7. The number of sulfonamides is 1. The summed E-state index contributed by atoms with van der Waals surface area (Å²) in [6.45, 7) is 0.164. The van der Waals surface area contributed by atoms with Crippen LogP contribution in [0, 0.1) is 5.82 Å². The number of nitrogens with zero attached hydrogens (tertiary/aromatic N) is 2. The Balaban J connectivity index is 1.50. The smallest absolute Gasteiger partial charge is 0.341 e. The van der Waals surface area contributed by atoms with E-state index in [2.05, 4.69) is 15.9 Å². The van der Waals surface area contributed by atoms with Gasteiger partial charge in [0.25, 0.3) is 5.91 Å². The molecule has 0 unspecified atom stereocenters. The van der Waals surface area contributed by atoms with E-state index in [0.717, 1.165) is 6.07 Å². The van der Waals surface area contributed by atoms with Crippen LogP contribution in [0.2, 0.25) is 0 Å². The van der Waals surface area contributed by atoms with E-state index in [1.165, 1.54) is 21.3 Å². The maximum absolute atomic E-state index is 13.7. The average molecular weight is 499 g/mol. The molecule has 2 aromatic rings. The first-order valence-corrected chi connectivity index (χ1v) is 11.6. The fourth-order valence-corrected chi connectivity index (χ4v) is 4.92. The Kier molecular flexibility index (Phi) is 7.22. The van der Waals surface area contributed by atoms with Crippen LogP contribution in [0.1, 0.15) is 15.9 Å². The predicted molar refractivity (Wildman–Crippen MR) is 112 cm³/mol. The summed E-state index contributed by atoms with van der Waals surface area (Å²) in [5, 5.41) is 0. The van der Waals surface area contributed by atoms with E-state index >= 15 is 0 Å². The number of halogens is 2. The van der Waals surface area contributed by atoms with Crippen molar-refractivity contribution in [1.82, 2.24) is 9.21 Å². The van der Waals surface area contributed by atoms with Gasteiger partial charge in [-0.1, -0.05) is 46.3 Å². The molecule has 160 valence electrons. The minimum atomic E-state index is -3.49. The number of hydrogen-bond acceptors (Lipinski definition) is 5. The minimum Gasteiger partial charge on any atom is -0.452 e. The minimum absolute atomic E-state index is 0.0996. The van der Waals surface area contributed by atoms with E-state index < -0.39 is 34.3 Å². The molecule has 0 saturated carbocycles. The topological polar surface area (TPSA) is 84.0 Å². The van der Waals surface area contributed by atoms with Gasteiger partial charge in [0, 0.05) is 30.7 Å². The average Bonchev–Trinajstić information content (AvgIpc) is 2.74. The Morgan fingerprint density at radius 1 is 1.03 bits per heavy atom. The molecular weight excluding hydrogens is 479 g/mol. The van der Waals surface area contributed by atoms with Crippen molar-refractivity contribution in [3.63, 3.8) is 0 Å². The van der Waals surface area contributed by atoms with Crippen LogP contribution < -0.4 is 0 Å². The zero-order valence-electron chi connectivity index (χ0n) is 16.0. The molecule has 3 rings (SSSR count). The van der Waals surface area contributed by atoms with Gasteiger partial charge in [0.2, 0.25) is 10.0 Å². The zero-order chi connectivity index (χ0) is 21.7. The molecule has 0 atom stereocenters. The molecule has 7 nitrogen and oxygen atoms in total. The monoisotopic (exact) mass is 498 g/mol. The van der Waals surface area contributed by atoms with Crippen LogP contribution >= 0.6 is 15.9 Å². The fraction of sp³-hybridized carbons (Fsp3) is 0.300. The van der Waals surface area contributed by atoms with Gasteiger partial charge in [-0.3, -0.25) is 4.79 Å². The first-order chi connectivity index (χ1) is 14.3. The van der Waals surface area contributed by atoms with Crippen molar-refractivity contribution in [3.05, 3.63) is 69.9 Å². The molecular formula is C20H20BrFN2O5S. The Morgan fingerprint density at radius 2 is 1.70 bits per heavy atom. The molecule has 30 heavy (non-hydrogen) atoms. The molecule has 0 radical (unpaired) electrons. The van der Waals surface area contributed by atoms with Gasteiger partial charge in [-0.2, -0.15) is 4.31 Å². The normalized spacial score (nSPS) is 15.1. The van der Waals surface area contributed by atoms with Crippen LogP contribution in [-0.2, 0) is 25.3 Å². The van der Waals surface area contributed by atoms with Crippen LogP contribution in [0.15, 0.2) is 53.0 Å². The van der Waals surface area contributed by atoms with E-state index in [9.17, 15) is 22.4 Å². The van der Waals surface area contributed by atoms with Gasteiger partial charge < -0.3 is 9.64 Å². The van der Waals surface area contributed by atoms with E-state index in [4.69, 9.17) is 4.74 Å². The number of carbonyl (C=O) groups excluding carboxylic acids is 2. The molecule has 0 aromatic heterocycles. The van der Waals surface area contributed by atoms with Crippen molar-refractivity contribution in [3.8, 4) is 0 Å². The van der Waals surface area contributed by atoms with Gasteiger partial charge in [0.15, 0.2) is 6.61 Å². The summed E-state index contributed by atoms with van der Waals surface area (Å²) >= 11 is 3.15. The highest BCUT2D eigenvalue weighted by Gasteiger charge is 2.29. The third-order valence-electron chi connectivity index (χ3n) is 4.65. The molecule has 1 aliphatic rings. The van der Waals surface area contributed by atoms with E-state index in [-0.39, 0.29) is 37.5 Å². The number of ether oxygens (including phenoxy) is 1. The van der Waals surface area contributed by atoms with E-state index in [0.29, 0.717) is 10.0 Å². The highest BCUT2D eigenvalue weighted by atomic mass is 79.9. The molecule has 0 N–H and O–H groups in total. The number of piperazine rings is 1. The lowest BCUT2D eigenvalue weighted by atomic mass is 10.2. The Hall–Kier alpha value is -2.30. The maximum atomic E-state index is 13.7. The van der Waals surface area contributed by atoms with E-state index in [1.807, 2.05) is 6.07 Å². The third-order valence-corrected chi connectivity index (χ3v) is 7.00. The summed E-state index contributed by atoms with van der Waals surface area (Å²) < 4.78 is 45.7. The van der Waals surface area contributed by atoms with Crippen molar-refractivity contribution < 1.29 is 27.1 Å². The molecule has 0 spiro atoms. The summed E-state index contributed by atoms with van der Waals surface area (Å²) in [5.74, 6) is -2.24. The molecule has 1 aliphatic heterocycles. The van der Waals surface area contributed by atoms with Crippen molar-refractivity contribution in [1.29, 1.82) is 0 Å². The second-order valence-electron chi connectivity index (χ2n) is 6.72. The van der Waals surface area contributed by atoms with Crippen LogP contribution in [-0.4, -0.2) is 62.3 Å². The lowest BCUT2D eigenvalue weighted by Gasteiger charge is -2.33. The van der Waals surface area contributed by atoms with Gasteiger partial charge in [0.05, 0.1) is 11.3 Å². The Morgan fingerprint density at radius 3 is 2.37 bits per heavy atom. The standard InChI is InChI=1S/C20H20BrFN2O5S/c21-16-6-7-18(22)17(12-16)20(26)29-13-19(25)23-8-10-24(11-9-23)30(27,28)14-15-4-2-1-3-5-15/h1-7,12H,8-11,13-14H2. The third kappa shape index (κ3) is 5.65. The lowest BCUT2D eigenvalue weighted by Crippen LogP contribution is -2.51. The first-order valence-electron chi connectivity index (χ1n) is 9.18. The Labute approximate surface area is 182 Å². The van der Waals surface area contributed by atoms with Crippen LogP contribution in [0.25, 0.3) is 0 Å². The number of benzene rings is 2. The van der Waals surface area contributed by atoms with Gasteiger partial charge in [-0.15, -0.1) is 0 Å². The summed E-state index contributed by atoms with van der Waals surface area (Å²) in [7, 11) is -3.49. The van der Waals surface area contributed by atoms with Crippen molar-refractivity contribution >= 4 is 37.8 Å². The molecule has 1 amide bonds. The fourth-order valence-electron chi connectivity index (χ4n) is 3.04. The molecule has 2 aromatic carbocycles. The van der Waals surface area contributed by atoms with Gasteiger partial charge in [-0.05, 0) is 23.8 Å². The van der Waals surface area contributed by atoms with Crippen molar-refractivity contribution in [2.45, 2.75) is 5.75 Å². The van der Waals surface area contributed by atoms with Gasteiger partial charge in [-0.25, -0.2) is 17.6 Å². The summed E-state index contributed by atoms with van der Waals surface area (Å²) in [6.07, 6.45) is 0. The summed E-state index contributed by atoms with van der Waals surface area (Å²) in [4.78, 5) is 25.8. The number of hydrogen-bond donors (Lipinski definition) is 0. The van der Waals surface area contributed by atoms with Gasteiger partial charge in [0.1, 0.15) is 5.82 Å². The molecule has 1 fully saturated rings. The maximum Gasteiger partial charge on any atom is 0.341 e. The number of carbonyl (C=O) groups is 2. The largest absolute Gasteiger partial charge is 0.452 e. The quantitative estimate of drug-likeness (QED) is 0.571. The number of amides is 1. The first kappa shape index (κ1) is 22.4. The van der Waals surface area contributed by atoms with Crippen molar-refractivity contribution in [2.75, 3.05) is 32.8 Å². The molecule has 0 aliphatic carbocycles. The van der Waals surface area contributed by atoms with Crippen LogP contribution in [0.3, 0.4) is 0 Å². The lowest BCUT2D eigenvalue weighted by molar-refractivity contribution is -0.135. The highest BCUT2D eigenvalue weighted by Crippen LogP contribution is 2.17. The molecule has 1 heterocycles. The van der Waals surface area contributed by atoms with Crippen molar-refractivity contribution in [2.24, 2.45) is 0 Å². The zero-order valence-corrected chi connectivity index (χ0v) is 18.4. The molecule has 1 saturated heterocycles. The summed E-state index contributed by atoms with van der Waals surface area (Å²) in [5.41, 5.74) is 0.427. The Bertz CT molecular complexity index is 1020. The van der Waals surface area contributed by atoms with Crippen LogP contribution in [0.5, 0.6) is 0 Å². The molecule has 0 bridgehead atoms. The SMILES string of the molecule is O=C(OCC(=O)N1CCN(S(=O)(=O)Cc2ccccc2)CC1)c1cc(Br)ccc1F. The van der Waals surface area contributed by atoms with Gasteiger partial charge >= 0.3 is 5.97 Å². The predicted octanol–water partition coefficient (Wildman–Crippen LogP) is 2.42. The second kappa shape index (κ2) is 9.67. The van der Waals surface area contributed by atoms with Crippen LogP contribution in [0.4, 0.5) is 4.39 Å². The number of rotatable bonds is 6. The second-order valence-corrected chi connectivity index (χ2v) is 9.61. The molecule has 10 heteroatoms. The number of esters is 1. The van der Waals surface area contributed by atoms with E-state index in [1.54, 1.807) is 24.3 Å².